The van der Waals surface area contributed by atoms with E-state index >= 15 is 0 Å². The molecule has 0 unspecified atom stereocenters. The Morgan fingerprint density at radius 1 is 1.35 bits per heavy atom. The molecule has 2 aromatic rings. The fourth-order valence-electron chi connectivity index (χ4n) is 2.06. The van der Waals surface area contributed by atoms with Gasteiger partial charge in [-0.25, -0.2) is 0 Å². The summed E-state index contributed by atoms with van der Waals surface area (Å²) < 4.78 is 5.37. The molecule has 1 aromatic heterocycles. The monoisotopic (exact) mass is 273 g/mol. The van der Waals surface area contributed by atoms with Crippen LogP contribution in [0.4, 0.5) is 5.82 Å². The molecule has 2 rings (SSSR count). The van der Waals surface area contributed by atoms with Gasteiger partial charge in [0.1, 0.15) is 5.75 Å². The molecule has 0 saturated carbocycles. The molecule has 0 aliphatic rings. The van der Waals surface area contributed by atoms with Gasteiger partial charge >= 0.3 is 0 Å². The van der Waals surface area contributed by atoms with Crippen molar-refractivity contribution in [3.63, 3.8) is 0 Å². The minimum atomic E-state index is -0.00602. The van der Waals surface area contributed by atoms with Gasteiger partial charge in [0.2, 0.25) is 0 Å². The summed E-state index contributed by atoms with van der Waals surface area (Å²) in [7, 11) is 1.59. The molecular weight excluding hydrogens is 254 g/mol. The van der Waals surface area contributed by atoms with E-state index in [2.05, 4.69) is 31.0 Å². The van der Waals surface area contributed by atoms with Gasteiger partial charge in [-0.15, -0.1) is 0 Å². The van der Waals surface area contributed by atoms with E-state index < -0.39 is 0 Å². The maximum absolute atomic E-state index is 11.2. The molecule has 0 aliphatic carbocycles. The van der Waals surface area contributed by atoms with E-state index in [0.29, 0.717) is 23.3 Å². The number of ether oxygens (including phenoxy) is 1. The van der Waals surface area contributed by atoms with Crippen molar-refractivity contribution in [2.45, 2.75) is 26.2 Å². The standard InChI is InChI=1S/C15H19N3O2/c1-15(2,3)9-5-6-12(20-4)10(7-9)13-11(8-19)14(16)18-17-13/h5-8H,1-4H3,(H3,16,17,18). The Bertz CT molecular complexity index is 639. The topological polar surface area (TPSA) is 81.0 Å². The van der Waals surface area contributed by atoms with E-state index in [9.17, 15) is 4.79 Å². The van der Waals surface area contributed by atoms with Crippen molar-refractivity contribution in [1.82, 2.24) is 10.2 Å². The number of carbonyl (C=O) groups is 1. The van der Waals surface area contributed by atoms with Crippen LogP contribution in [-0.4, -0.2) is 23.6 Å². The highest BCUT2D eigenvalue weighted by atomic mass is 16.5. The van der Waals surface area contributed by atoms with Gasteiger partial charge in [0.05, 0.1) is 18.4 Å². The molecule has 0 saturated heterocycles. The highest BCUT2D eigenvalue weighted by Gasteiger charge is 2.20. The number of hydrogen-bond acceptors (Lipinski definition) is 4. The molecule has 5 nitrogen and oxygen atoms in total. The van der Waals surface area contributed by atoms with Crippen LogP contribution in [0.15, 0.2) is 18.2 Å². The number of nitrogens with zero attached hydrogens (tertiary/aromatic N) is 1. The van der Waals surface area contributed by atoms with Crippen LogP contribution in [-0.2, 0) is 5.41 Å². The number of benzene rings is 1. The Hall–Kier alpha value is -2.30. The van der Waals surface area contributed by atoms with Gasteiger partial charge in [-0.05, 0) is 23.1 Å². The van der Waals surface area contributed by atoms with Gasteiger partial charge in [-0.1, -0.05) is 26.8 Å². The summed E-state index contributed by atoms with van der Waals surface area (Å²) in [4.78, 5) is 11.2. The fourth-order valence-corrected chi connectivity index (χ4v) is 2.06. The molecule has 0 atom stereocenters. The summed E-state index contributed by atoms with van der Waals surface area (Å²) in [5.74, 6) is 0.864. The number of H-pyrrole nitrogens is 1. The first-order valence-corrected chi connectivity index (χ1v) is 6.36. The van der Waals surface area contributed by atoms with E-state index in [0.717, 1.165) is 11.1 Å². The van der Waals surface area contributed by atoms with Gasteiger partial charge < -0.3 is 10.5 Å². The fraction of sp³-hybridized carbons (Fsp3) is 0.333. The number of aldehydes is 1. The number of anilines is 1. The predicted octanol–water partition coefficient (Wildman–Crippen LogP) is 2.78. The summed E-state index contributed by atoms with van der Waals surface area (Å²) in [5, 5.41) is 6.71. The minimum absolute atomic E-state index is 0.00602. The molecule has 0 amide bonds. The summed E-state index contributed by atoms with van der Waals surface area (Å²) in [6.07, 6.45) is 0.706. The van der Waals surface area contributed by atoms with Gasteiger partial charge in [0.25, 0.3) is 0 Å². The normalized spacial score (nSPS) is 11.4. The van der Waals surface area contributed by atoms with Gasteiger partial charge in [0, 0.05) is 5.56 Å². The quantitative estimate of drug-likeness (QED) is 0.842. The SMILES string of the molecule is COc1ccc(C(C)(C)C)cc1-c1[nH]nc(N)c1C=O. The first-order valence-electron chi connectivity index (χ1n) is 6.36. The molecule has 3 N–H and O–H groups in total. The largest absolute Gasteiger partial charge is 0.496 e. The Morgan fingerprint density at radius 2 is 2.05 bits per heavy atom. The Balaban J connectivity index is 2.67. The molecule has 0 bridgehead atoms. The lowest BCUT2D eigenvalue weighted by molar-refractivity contribution is 0.112. The third-order valence-corrected chi connectivity index (χ3v) is 3.29. The number of nitrogens with one attached hydrogen (secondary N) is 1. The number of nitrogen functional groups attached to an aromatic ring is 1. The lowest BCUT2D eigenvalue weighted by atomic mass is 9.85. The number of nitrogens with two attached hydrogens (primary N) is 1. The van der Waals surface area contributed by atoms with Gasteiger partial charge in [0.15, 0.2) is 12.1 Å². The summed E-state index contributed by atoms with van der Waals surface area (Å²) in [6.45, 7) is 6.38. The molecule has 0 aliphatic heterocycles. The van der Waals surface area contributed by atoms with E-state index in [1.165, 1.54) is 0 Å². The maximum atomic E-state index is 11.2. The maximum Gasteiger partial charge on any atom is 0.156 e. The van der Waals surface area contributed by atoms with Crippen molar-refractivity contribution in [3.05, 3.63) is 29.3 Å². The highest BCUT2D eigenvalue weighted by Crippen LogP contribution is 2.35. The van der Waals surface area contributed by atoms with Crippen LogP contribution in [0.25, 0.3) is 11.3 Å². The second-order valence-electron chi connectivity index (χ2n) is 5.68. The first kappa shape index (κ1) is 14.1. The van der Waals surface area contributed by atoms with E-state index in [1.807, 2.05) is 18.2 Å². The first-order chi connectivity index (χ1) is 9.38. The molecule has 0 fully saturated rings. The third-order valence-electron chi connectivity index (χ3n) is 3.29. The van der Waals surface area contributed by atoms with Crippen molar-refractivity contribution in [3.8, 4) is 17.0 Å². The predicted molar refractivity (Wildman–Crippen MR) is 79.1 cm³/mol. The third kappa shape index (κ3) is 2.39. The highest BCUT2D eigenvalue weighted by molar-refractivity contribution is 5.92. The van der Waals surface area contributed by atoms with Crippen LogP contribution >= 0.6 is 0 Å². The number of aromatic amines is 1. The van der Waals surface area contributed by atoms with Crippen LogP contribution in [0.2, 0.25) is 0 Å². The molecular formula is C15H19N3O2. The van der Waals surface area contributed by atoms with E-state index in [4.69, 9.17) is 10.5 Å². The zero-order valence-corrected chi connectivity index (χ0v) is 12.2. The Morgan fingerprint density at radius 3 is 2.60 bits per heavy atom. The number of methoxy groups -OCH3 is 1. The van der Waals surface area contributed by atoms with Crippen molar-refractivity contribution < 1.29 is 9.53 Å². The number of rotatable bonds is 3. The van der Waals surface area contributed by atoms with Crippen LogP contribution in [0, 0.1) is 0 Å². The van der Waals surface area contributed by atoms with Crippen LogP contribution in [0.1, 0.15) is 36.7 Å². The average molecular weight is 273 g/mol. The second kappa shape index (κ2) is 5.00. The number of hydrogen-bond donors (Lipinski definition) is 2. The van der Waals surface area contributed by atoms with Crippen molar-refractivity contribution in [2.24, 2.45) is 0 Å². The van der Waals surface area contributed by atoms with Gasteiger partial charge in [-0.3, -0.25) is 9.89 Å². The van der Waals surface area contributed by atoms with Crippen LogP contribution in [0.5, 0.6) is 5.75 Å². The van der Waals surface area contributed by atoms with E-state index in [-0.39, 0.29) is 11.2 Å². The molecule has 0 spiro atoms. The summed E-state index contributed by atoms with van der Waals surface area (Å²) in [6, 6.07) is 5.91. The van der Waals surface area contributed by atoms with Crippen molar-refractivity contribution in [1.29, 1.82) is 0 Å². The zero-order valence-electron chi connectivity index (χ0n) is 12.2. The van der Waals surface area contributed by atoms with Crippen molar-refractivity contribution in [2.75, 3.05) is 12.8 Å². The molecule has 0 radical (unpaired) electrons. The lowest BCUT2D eigenvalue weighted by Crippen LogP contribution is -2.11. The van der Waals surface area contributed by atoms with Gasteiger partial charge in [-0.2, -0.15) is 5.10 Å². The Kier molecular flexibility index (Phi) is 3.53. The molecule has 5 heteroatoms. The number of carbonyl (C=O) groups excluding carboxylic acids is 1. The molecule has 1 aromatic carbocycles. The lowest BCUT2D eigenvalue weighted by Gasteiger charge is -2.21. The summed E-state index contributed by atoms with van der Waals surface area (Å²) >= 11 is 0. The van der Waals surface area contributed by atoms with Crippen LogP contribution < -0.4 is 10.5 Å². The zero-order chi connectivity index (χ0) is 14.9. The second-order valence-corrected chi connectivity index (χ2v) is 5.68. The van der Waals surface area contributed by atoms with Crippen LogP contribution in [0.3, 0.4) is 0 Å². The van der Waals surface area contributed by atoms with Crippen molar-refractivity contribution >= 4 is 12.1 Å². The molecule has 106 valence electrons. The smallest absolute Gasteiger partial charge is 0.156 e. The Labute approximate surface area is 118 Å². The van der Waals surface area contributed by atoms with E-state index in [1.54, 1.807) is 7.11 Å². The molecule has 1 heterocycles. The average Bonchev–Trinajstić information content (AvgIpc) is 2.77. The summed E-state index contributed by atoms with van der Waals surface area (Å²) in [5.41, 5.74) is 8.54. The molecule has 20 heavy (non-hydrogen) atoms. The minimum Gasteiger partial charge on any atom is -0.496 e. The number of aromatic nitrogens is 2.